The minimum Gasteiger partial charge on any atom is -0.353 e. The Morgan fingerprint density at radius 2 is 1.62 bits per heavy atom. The fourth-order valence-electron chi connectivity index (χ4n) is 2.23. The Labute approximate surface area is 132 Å². The maximum absolute atomic E-state index is 12.4. The molecular formula is C15H23ClN2O2S. The maximum Gasteiger partial charge on any atom is 0.283 e. The number of rotatable bonds is 5. The number of alkyl halides is 1. The minimum atomic E-state index is -3.74. The van der Waals surface area contributed by atoms with E-state index in [2.05, 4.69) is 4.40 Å². The van der Waals surface area contributed by atoms with Gasteiger partial charge < -0.3 is 4.90 Å². The van der Waals surface area contributed by atoms with Crippen molar-refractivity contribution in [2.45, 2.75) is 51.6 Å². The summed E-state index contributed by atoms with van der Waals surface area (Å²) >= 11 is 5.93. The van der Waals surface area contributed by atoms with E-state index >= 15 is 0 Å². The van der Waals surface area contributed by atoms with Gasteiger partial charge >= 0.3 is 0 Å². The van der Waals surface area contributed by atoms with Gasteiger partial charge in [0.05, 0.1) is 10.8 Å². The van der Waals surface area contributed by atoms with Crippen LogP contribution in [0, 0.1) is 6.92 Å². The summed E-state index contributed by atoms with van der Waals surface area (Å²) in [6.45, 7) is 9.85. The van der Waals surface area contributed by atoms with Crippen LogP contribution in [-0.4, -0.2) is 37.1 Å². The summed E-state index contributed by atoms with van der Waals surface area (Å²) in [5.74, 6) is 0.434. The van der Waals surface area contributed by atoms with E-state index < -0.39 is 10.0 Å². The van der Waals surface area contributed by atoms with Gasteiger partial charge in [-0.1, -0.05) is 17.7 Å². The topological polar surface area (TPSA) is 49.7 Å². The van der Waals surface area contributed by atoms with E-state index in [0.717, 1.165) is 5.56 Å². The van der Waals surface area contributed by atoms with E-state index in [0.29, 0.717) is 5.84 Å². The van der Waals surface area contributed by atoms with Crippen molar-refractivity contribution >= 4 is 27.5 Å². The number of aryl methyl sites for hydroxylation is 1. The van der Waals surface area contributed by atoms with Gasteiger partial charge in [-0.15, -0.1) is 16.0 Å². The molecule has 0 bridgehead atoms. The molecule has 0 amide bonds. The second-order valence-electron chi connectivity index (χ2n) is 5.52. The molecule has 0 aromatic heterocycles. The Bertz CT molecular complexity index is 585. The molecule has 0 heterocycles. The first kappa shape index (κ1) is 18.0. The highest BCUT2D eigenvalue weighted by Crippen LogP contribution is 2.16. The van der Waals surface area contributed by atoms with Gasteiger partial charge in [0.15, 0.2) is 0 Å². The van der Waals surface area contributed by atoms with E-state index in [1.807, 2.05) is 39.5 Å². The Hall–Kier alpha value is -1.07. The molecule has 0 aliphatic carbocycles. The van der Waals surface area contributed by atoms with E-state index in [9.17, 15) is 8.42 Å². The highest BCUT2D eigenvalue weighted by atomic mass is 35.5. The molecule has 6 heteroatoms. The smallest absolute Gasteiger partial charge is 0.283 e. The Morgan fingerprint density at radius 3 is 2.00 bits per heavy atom. The third-order valence-corrected chi connectivity index (χ3v) is 4.63. The summed E-state index contributed by atoms with van der Waals surface area (Å²) in [5.41, 5.74) is 1.00. The molecule has 1 rings (SSSR count). The second-order valence-corrected chi connectivity index (χ2v) is 7.40. The number of benzene rings is 1. The van der Waals surface area contributed by atoms with Crippen molar-refractivity contribution in [3.05, 3.63) is 29.8 Å². The first-order valence-electron chi connectivity index (χ1n) is 6.94. The van der Waals surface area contributed by atoms with Gasteiger partial charge in [0.1, 0.15) is 5.84 Å². The highest BCUT2D eigenvalue weighted by molar-refractivity contribution is 7.90. The number of sulfonamides is 1. The molecular weight excluding hydrogens is 308 g/mol. The van der Waals surface area contributed by atoms with Crippen LogP contribution in [0.15, 0.2) is 33.6 Å². The van der Waals surface area contributed by atoms with Gasteiger partial charge in [-0.2, -0.15) is 8.42 Å². The standard InChI is InChI=1S/C15H23ClN2O2S/c1-11(2)18(12(3)4)15(10-16)17-21(19,20)14-8-6-13(5)7-9-14/h6-9,11-12H,10H2,1-5H3/b17-15+. The third kappa shape index (κ3) is 4.71. The van der Waals surface area contributed by atoms with Crippen molar-refractivity contribution < 1.29 is 8.42 Å². The predicted molar refractivity (Wildman–Crippen MR) is 88.6 cm³/mol. The molecule has 0 spiro atoms. The molecule has 1 aromatic rings. The normalized spacial score (nSPS) is 13.0. The van der Waals surface area contributed by atoms with Gasteiger partial charge in [0.25, 0.3) is 10.0 Å². The van der Waals surface area contributed by atoms with E-state index in [1.165, 1.54) is 0 Å². The monoisotopic (exact) mass is 330 g/mol. The van der Waals surface area contributed by atoms with Crippen LogP contribution in [0.1, 0.15) is 33.3 Å². The van der Waals surface area contributed by atoms with Crippen molar-refractivity contribution in [1.82, 2.24) is 4.90 Å². The minimum absolute atomic E-state index is 0.0570. The molecule has 118 valence electrons. The Kier molecular flexibility index (Phi) is 6.23. The number of hydrogen-bond donors (Lipinski definition) is 0. The zero-order chi connectivity index (χ0) is 16.2. The quantitative estimate of drug-likeness (QED) is 0.472. The zero-order valence-corrected chi connectivity index (χ0v) is 14.7. The van der Waals surface area contributed by atoms with Crippen LogP contribution in [-0.2, 0) is 10.0 Å². The highest BCUT2D eigenvalue weighted by Gasteiger charge is 2.21. The molecule has 0 radical (unpaired) electrons. The first-order valence-corrected chi connectivity index (χ1v) is 8.91. The molecule has 21 heavy (non-hydrogen) atoms. The number of amidine groups is 1. The molecule has 1 aromatic carbocycles. The largest absolute Gasteiger partial charge is 0.353 e. The molecule has 0 saturated carbocycles. The van der Waals surface area contributed by atoms with Gasteiger partial charge in [0.2, 0.25) is 0 Å². The van der Waals surface area contributed by atoms with Crippen LogP contribution in [0.25, 0.3) is 0 Å². The van der Waals surface area contributed by atoms with Crippen LogP contribution in [0.5, 0.6) is 0 Å². The molecule has 0 unspecified atom stereocenters. The van der Waals surface area contributed by atoms with E-state index in [-0.39, 0.29) is 22.9 Å². The number of halogens is 1. The van der Waals surface area contributed by atoms with Crippen molar-refractivity contribution in [2.24, 2.45) is 4.40 Å². The molecule has 0 N–H and O–H groups in total. The SMILES string of the molecule is Cc1ccc(S(=O)(=O)/N=C(\CCl)N(C(C)C)C(C)C)cc1. The van der Waals surface area contributed by atoms with Gasteiger partial charge in [-0.25, -0.2) is 0 Å². The lowest BCUT2D eigenvalue weighted by molar-refractivity contribution is 0.291. The number of hydrogen-bond acceptors (Lipinski definition) is 2. The van der Waals surface area contributed by atoms with Crippen molar-refractivity contribution in [3.8, 4) is 0 Å². The van der Waals surface area contributed by atoms with Crippen molar-refractivity contribution in [2.75, 3.05) is 5.88 Å². The molecule has 0 aliphatic rings. The second kappa shape index (κ2) is 7.27. The molecule has 0 fully saturated rings. The van der Waals surface area contributed by atoms with E-state index in [1.54, 1.807) is 24.3 Å². The summed E-state index contributed by atoms with van der Waals surface area (Å²) in [4.78, 5) is 2.10. The van der Waals surface area contributed by atoms with Crippen LogP contribution in [0.4, 0.5) is 0 Å². The van der Waals surface area contributed by atoms with Crippen LogP contribution < -0.4 is 0 Å². The fraction of sp³-hybridized carbons (Fsp3) is 0.533. The lowest BCUT2D eigenvalue weighted by Crippen LogP contribution is -2.43. The first-order chi connectivity index (χ1) is 9.69. The summed E-state index contributed by atoms with van der Waals surface area (Å²) in [6, 6.07) is 6.88. The van der Waals surface area contributed by atoms with Crippen LogP contribution >= 0.6 is 11.6 Å². The summed E-state index contributed by atoms with van der Waals surface area (Å²) < 4.78 is 28.7. The van der Waals surface area contributed by atoms with Gasteiger partial charge in [-0.3, -0.25) is 0 Å². The summed E-state index contributed by atoms with van der Waals surface area (Å²) in [5, 5.41) is 0. The molecule has 0 atom stereocenters. The average molecular weight is 331 g/mol. The fourth-order valence-corrected chi connectivity index (χ4v) is 3.52. The lowest BCUT2D eigenvalue weighted by atomic mass is 10.2. The van der Waals surface area contributed by atoms with Gasteiger partial charge in [0, 0.05) is 12.1 Å². The Morgan fingerprint density at radius 1 is 1.14 bits per heavy atom. The maximum atomic E-state index is 12.4. The van der Waals surface area contributed by atoms with Gasteiger partial charge in [-0.05, 0) is 46.8 Å². The third-order valence-electron chi connectivity index (χ3n) is 3.07. The van der Waals surface area contributed by atoms with Crippen molar-refractivity contribution in [3.63, 3.8) is 0 Å². The van der Waals surface area contributed by atoms with Crippen LogP contribution in [0.2, 0.25) is 0 Å². The van der Waals surface area contributed by atoms with Crippen LogP contribution in [0.3, 0.4) is 0 Å². The summed E-state index contributed by atoms with van der Waals surface area (Å²) in [6.07, 6.45) is 0. The number of nitrogens with zero attached hydrogens (tertiary/aromatic N) is 2. The lowest BCUT2D eigenvalue weighted by Gasteiger charge is -2.32. The Balaban J connectivity index is 3.25. The molecule has 0 saturated heterocycles. The zero-order valence-electron chi connectivity index (χ0n) is 13.2. The average Bonchev–Trinajstić information content (AvgIpc) is 2.37. The summed E-state index contributed by atoms with van der Waals surface area (Å²) in [7, 11) is -3.74. The van der Waals surface area contributed by atoms with Crippen molar-refractivity contribution in [1.29, 1.82) is 0 Å². The van der Waals surface area contributed by atoms with E-state index in [4.69, 9.17) is 11.6 Å². The predicted octanol–water partition coefficient (Wildman–Crippen LogP) is 3.44. The molecule has 0 aliphatic heterocycles. The molecule has 4 nitrogen and oxygen atoms in total.